The molecule has 0 aliphatic heterocycles. The van der Waals surface area contributed by atoms with Crippen LogP contribution in [-0.4, -0.2) is 20.7 Å². The number of carbonyl (C=O) groups excluding carboxylic acids is 1. The molecule has 1 saturated carbocycles. The molecule has 1 heterocycles. The third kappa shape index (κ3) is 3.68. The standard InChI is InChI=1S/C16H20N4OS/c1-11-3-2-4-12(9-11)10-22-16-19-18-15(13-5-6-13)20(16)8-7-14(17)21/h2-4,9,13H,5-8,10H2,1H3,(H2,17,21). The number of carbonyl (C=O) groups is 1. The molecule has 1 aliphatic rings. The molecule has 0 saturated heterocycles. The normalized spacial score (nSPS) is 14.2. The maximum absolute atomic E-state index is 11.1. The highest BCUT2D eigenvalue weighted by atomic mass is 32.2. The molecule has 1 aliphatic carbocycles. The number of thioether (sulfide) groups is 1. The first kappa shape index (κ1) is 15.1. The zero-order valence-electron chi connectivity index (χ0n) is 12.7. The molecule has 0 radical (unpaired) electrons. The Morgan fingerprint density at radius 2 is 2.23 bits per heavy atom. The molecular formula is C16H20N4OS. The first-order chi connectivity index (χ1) is 10.6. The van der Waals surface area contributed by atoms with Crippen LogP contribution < -0.4 is 5.73 Å². The van der Waals surface area contributed by atoms with Crippen molar-refractivity contribution in [3.63, 3.8) is 0 Å². The summed E-state index contributed by atoms with van der Waals surface area (Å²) in [4.78, 5) is 11.1. The van der Waals surface area contributed by atoms with Crippen LogP contribution in [0.15, 0.2) is 29.4 Å². The Balaban J connectivity index is 1.73. The molecule has 116 valence electrons. The van der Waals surface area contributed by atoms with Crippen LogP contribution in [0.25, 0.3) is 0 Å². The fourth-order valence-corrected chi connectivity index (χ4v) is 3.35. The molecule has 2 N–H and O–H groups in total. The Hall–Kier alpha value is -1.82. The highest BCUT2D eigenvalue weighted by molar-refractivity contribution is 7.98. The maximum Gasteiger partial charge on any atom is 0.219 e. The van der Waals surface area contributed by atoms with Crippen molar-refractivity contribution >= 4 is 17.7 Å². The molecule has 1 amide bonds. The first-order valence-electron chi connectivity index (χ1n) is 7.53. The zero-order chi connectivity index (χ0) is 15.5. The van der Waals surface area contributed by atoms with Crippen LogP contribution in [0.3, 0.4) is 0 Å². The first-order valence-corrected chi connectivity index (χ1v) is 8.52. The van der Waals surface area contributed by atoms with Crippen LogP contribution >= 0.6 is 11.8 Å². The monoisotopic (exact) mass is 316 g/mol. The Bertz CT molecular complexity index is 679. The molecule has 0 bridgehead atoms. The van der Waals surface area contributed by atoms with Gasteiger partial charge in [0.05, 0.1) is 0 Å². The van der Waals surface area contributed by atoms with Crippen molar-refractivity contribution in [1.82, 2.24) is 14.8 Å². The van der Waals surface area contributed by atoms with Gasteiger partial charge in [0, 0.05) is 24.6 Å². The van der Waals surface area contributed by atoms with Gasteiger partial charge in [-0.25, -0.2) is 0 Å². The number of aryl methyl sites for hydroxylation is 1. The molecule has 0 unspecified atom stereocenters. The van der Waals surface area contributed by atoms with Crippen molar-refractivity contribution in [2.24, 2.45) is 5.73 Å². The summed E-state index contributed by atoms with van der Waals surface area (Å²) in [6.07, 6.45) is 2.66. The maximum atomic E-state index is 11.1. The predicted octanol–water partition coefficient (Wildman–Crippen LogP) is 2.63. The number of hydrogen-bond acceptors (Lipinski definition) is 4. The lowest BCUT2D eigenvalue weighted by molar-refractivity contribution is -0.118. The van der Waals surface area contributed by atoms with E-state index in [0.717, 1.165) is 29.6 Å². The van der Waals surface area contributed by atoms with Crippen molar-refractivity contribution in [2.75, 3.05) is 0 Å². The summed E-state index contributed by atoms with van der Waals surface area (Å²) in [6.45, 7) is 2.67. The highest BCUT2D eigenvalue weighted by Gasteiger charge is 2.30. The number of nitrogens with zero attached hydrogens (tertiary/aromatic N) is 3. The van der Waals surface area contributed by atoms with E-state index in [0.29, 0.717) is 18.9 Å². The molecule has 6 heteroatoms. The summed E-state index contributed by atoms with van der Waals surface area (Å²) in [5, 5.41) is 9.52. The molecule has 3 rings (SSSR count). The van der Waals surface area contributed by atoms with E-state index in [1.807, 2.05) is 0 Å². The molecule has 1 fully saturated rings. The summed E-state index contributed by atoms with van der Waals surface area (Å²) < 4.78 is 2.07. The Kier molecular flexibility index (Phi) is 4.47. The number of aromatic nitrogens is 3. The molecule has 22 heavy (non-hydrogen) atoms. The summed E-state index contributed by atoms with van der Waals surface area (Å²) >= 11 is 1.66. The van der Waals surface area contributed by atoms with Gasteiger partial charge in [0.15, 0.2) is 5.16 Å². The van der Waals surface area contributed by atoms with Crippen molar-refractivity contribution in [1.29, 1.82) is 0 Å². The number of primary amides is 1. The van der Waals surface area contributed by atoms with Crippen molar-refractivity contribution in [3.05, 3.63) is 41.2 Å². The smallest absolute Gasteiger partial charge is 0.219 e. The quantitative estimate of drug-likeness (QED) is 0.797. The topological polar surface area (TPSA) is 73.8 Å². The average Bonchev–Trinajstić information content (AvgIpc) is 3.24. The minimum Gasteiger partial charge on any atom is -0.370 e. The van der Waals surface area contributed by atoms with Gasteiger partial charge in [-0.1, -0.05) is 41.6 Å². The second-order valence-electron chi connectivity index (χ2n) is 5.76. The van der Waals surface area contributed by atoms with Gasteiger partial charge in [0.1, 0.15) is 5.82 Å². The van der Waals surface area contributed by atoms with E-state index in [2.05, 4.69) is 46.0 Å². The van der Waals surface area contributed by atoms with Gasteiger partial charge < -0.3 is 10.3 Å². The number of amides is 1. The van der Waals surface area contributed by atoms with E-state index in [-0.39, 0.29) is 5.91 Å². The lowest BCUT2D eigenvalue weighted by atomic mass is 10.2. The van der Waals surface area contributed by atoms with E-state index in [4.69, 9.17) is 5.73 Å². The van der Waals surface area contributed by atoms with Gasteiger partial charge in [-0.15, -0.1) is 10.2 Å². The minimum absolute atomic E-state index is 0.287. The van der Waals surface area contributed by atoms with E-state index >= 15 is 0 Å². The number of rotatable bonds is 7. The number of nitrogens with two attached hydrogens (primary N) is 1. The largest absolute Gasteiger partial charge is 0.370 e. The van der Waals surface area contributed by atoms with Crippen molar-refractivity contribution < 1.29 is 4.79 Å². The summed E-state index contributed by atoms with van der Waals surface area (Å²) in [5.74, 6) is 2.08. The van der Waals surface area contributed by atoms with Gasteiger partial charge in [-0.2, -0.15) is 0 Å². The Labute approximate surface area is 134 Å². The van der Waals surface area contributed by atoms with Gasteiger partial charge in [0.25, 0.3) is 0 Å². The van der Waals surface area contributed by atoms with Crippen LogP contribution in [0.2, 0.25) is 0 Å². The van der Waals surface area contributed by atoms with E-state index < -0.39 is 0 Å². The molecule has 0 atom stereocenters. The van der Waals surface area contributed by atoms with Crippen LogP contribution in [0, 0.1) is 6.92 Å². The van der Waals surface area contributed by atoms with E-state index in [1.54, 1.807) is 11.8 Å². The average molecular weight is 316 g/mol. The molecule has 0 spiro atoms. The molecular weight excluding hydrogens is 296 g/mol. The second kappa shape index (κ2) is 6.52. The Morgan fingerprint density at radius 1 is 1.41 bits per heavy atom. The van der Waals surface area contributed by atoms with Crippen molar-refractivity contribution in [2.45, 2.75) is 49.6 Å². The minimum atomic E-state index is -0.287. The molecule has 2 aromatic rings. The van der Waals surface area contributed by atoms with Gasteiger partial charge in [-0.05, 0) is 25.3 Å². The van der Waals surface area contributed by atoms with Crippen LogP contribution in [0.4, 0.5) is 0 Å². The SMILES string of the molecule is Cc1cccc(CSc2nnc(C3CC3)n2CCC(N)=O)c1. The fraction of sp³-hybridized carbons (Fsp3) is 0.438. The molecule has 1 aromatic carbocycles. The zero-order valence-corrected chi connectivity index (χ0v) is 13.5. The number of hydrogen-bond donors (Lipinski definition) is 1. The fourth-order valence-electron chi connectivity index (χ4n) is 2.43. The summed E-state index contributed by atoms with van der Waals surface area (Å²) in [6, 6.07) is 8.46. The summed E-state index contributed by atoms with van der Waals surface area (Å²) in [5.41, 5.74) is 7.81. The molecule has 5 nitrogen and oxygen atoms in total. The van der Waals surface area contributed by atoms with E-state index in [9.17, 15) is 4.79 Å². The highest BCUT2D eigenvalue weighted by Crippen LogP contribution is 2.40. The van der Waals surface area contributed by atoms with E-state index in [1.165, 1.54) is 11.1 Å². The lowest BCUT2D eigenvalue weighted by Gasteiger charge is -2.08. The second-order valence-corrected chi connectivity index (χ2v) is 6.70. The summed E-state index contributed by atoms with van der Waals surface area (Å²) in [7, 11) is 0. The third-order valence-electron chi connectivity index (χ3n) is 3.72. The van der Waals surface area contributed by atoms with Gasteiger partial charge in [-0.3, -0.25) is 4.79 Å². The number of benzene rings is 1. The Morgan fingerprint density at radius 3 is 2.91 bits per heavy atom. The lowest BCUT2D eigenvalue weighted by Crippen LogP contribution is -2.15. The van der Waals surface area contributed by atoms with Gasteiger partial charge in [0.2, 0.25) is 5.91 Å². The van der Waals surface area contributed by atoms with Gasteiger partial charge >= 0.3 is 0 Å². The van der Waals surface area contributed by atoms with Crippen LogP contribution in [0.1, 0.15) is 42.1 Å². The van der Waals surface area contributed by atoms with Crippen LogP contribution in [-0.2, 0) is 17.1 Å². The predicted molar refractivity (Wildman–Crippen MR) is 86.5 cm³/mol. The van der Waals surface area contributed by atoms with Crippen LogP contribution in [0.5, 0.6) is 0 Å². The van der Waals surface area contributed by atoms with Crippen molar-refractivity contribution in [3.8, 4) is 0 Å². The molecule has 1 aromatic heterocycles. The third-order valence-corrected chi connectivity index (χ3v) is 4.76.